The maximum Gasteiger partial charge on any atom is 0.222 e. The Bertz CT molecular complexity index is 312. The van der Waals surface area contributed by atoms with E-state index >= 15 is 0 Å². The van der Waals surface area contributed by atoms with Crippen molar-refractivity contribution in [2.45, 2.75) is 26.2 Å². The first-order chi connectivity index (χ1) is 7.25. The van der Waals surface area contributed by atoms with Crippen molar-refractivity contribution in [2.75, 3.05) is 11.9 Å². The van der Waals surface area contributed by atoms with Crippen molar-refractivity contribution in [3.63, 3.8) is 0 Å². The maximum absolute atomic E-state index is 4.23. The van der Waals surface area contributed by atoms with E-state index in [1.807, 2.05) is 12.4 Å². The Morgan fingerprint density at radius 3 is 2.73 bits per heavy atom. The van der Waals surface area contributed by atoms with Crippen LogP contribution in [0.3, 0.4) is 0 Å². The molecule has 1 aliphatic rings. The Morgan fingerprint density at radius 1 is 1.40 bits per heavy atom. The van der Waals surface area contributed by atoms with E-state index in [1.165, 1.54) is 19.3 Å². The quantitative estimate of drug-likeness (QED) is 0.871. The number of nitrogens with one attached hydrogen (secondary N) is 1. The molecule has 4 heteroatoms. The molecule has 1 aromatic rings. The van der Waals surface area contributed by atoms with Gasteiger partial charge in [0.15, 0.2) is 0 Å². The molecule has 0 amide bonds. The summed E-state index contributed by atoms with van der Waals surface area (Å²) in [5, 5.41) is 3.32. The first kappa shape index (κ1) is 11.1. The molecule has 1 aliphatic carbocycles. The SMILES string of the molecule is CC1CCCC1CNc1ncc(I)cn1. The highest BCUT2D eigenvalue weighted by Crippen LogP contribution is 2.30. The van der Waals surface area contributed by atoms with Gasteiger partial charge in [-0.05, 0) is 40.8 Å². The Balaban J connectivity index is 1.85. The number of rotatable bonds is 3. The summed E-state index contributed by atoms with van der Waals surface area (Å²) in [4.78, 5) is 8.47. The molecule has 2 rings (SSSR count). The smallest absolute Gasteiger partial charge is 0.222 e. The van der Waals surface area contributed by atoms with Crippen molar-refractivity contribution in [3.8, 4) is 0 Å². The van der Waals surface area contributed by atoms with Crippen LogP contribution in [0.25, 0.3) is 0 Å². The van der Waals surface area contributed by atoms with E-state index in [0.29, 0.717) is 0 Å². The Hall–Kier alpha value is -0.390. The van der Waals surface area contributed by atoms with E-state index < -0.39 is 0 Å². The number of halogens is 1. The minimum Gasteiger partial charge on any atom is -0.354 e. The summed E-state index contributed by atoms with van der Waals surface area (Å²) in [6.45, 7) is 3.36. The Morgan fingerprint density at radius 2 is 2.13 bits per heavy atom. The third-order valence-electron chi connectivity index (χ3n) is 3.18. The summed E-state index contributed by atoms with van der Waals surface area (Å²) in [7, 11) is 0. The summed E-state index contributed by atoms with van der Waals surface area (Å²) in [6.07, 6.45) is 7.78. The summed E-state index contributed by atoms with van der Waals surface area (Å²) < 4.78 is 1.08. The first-order valence-electron chi connectivity index (χ1n) is 5.47. The van der Waals surface area contributed by atoms with Crippen LogP contribution < -0.4 is 5.32 Å². The summed E-state index contributed by atoms with van der Waals surface area (Å²) in [6, 6.07) is 0. The Labute approximate surface area is 104 Å². The van der Waals surface area contributed by atoms with E-state index in [0.717, 1.165) is 27.9 Å². The number of hydrogen-bond donors (Lipinski definition) is 1. The predicted molar refractivity (Wildman–Crippen MR) is 69.7 cm³/mol. The van der Waals surface area contributed by atoms with E-state index in [2.05, 4.69) is 44.8 Å². The second-order valence-corrected chi connectivity index (χ2v) is 5.52. The van der Waals surface area contributed by atoms with E-state index in [1.54, 1.807) is 0 Å². The molecule has 0 aliphatic heterocycles. The Kier molecular flexibility index (Phi) is 3.77. The van der Waals surface area contributed by atoms with Crippen molar-refractivity contribution in [2.24, 2.45) is 11.8 Å². The van der Waals surface area contributed by atoms with Crippen molar-refractivity contribution >= 4 is 28.5 Å². The molecular formula is C11H16IN3. The molecule has 1 fully saturated rings. The highest BCUT2D eigenvalue weighted by atomic mass is 127. The zero-order chi connectivity index (χ0) is 10.7. The molecule has 1 aromatic heterocycles. The van der Waals surface area contributed by atoms with Crippen molar-refractivity contribution in [3.05, 3.63) is 16.0 Å². The molecule has 0 bridgehead atoms. The maximum atomic E-state index is 4.23. The molecule has 2 unspecified atom stereocenters. The van der Waals surface area contributed by atoms with Crippen LogP contribution in [0.4, 0.5) is 5.95 Å². The van der Waals surface area contributed by atoms with Gasteiger partial charge in [-0.2, -0.15) is 0 Å². The molecule has 1 saturated carbocycles. The second-order valence-electron chi connectivity index (χ2n) is 4.27. The standard InChI is InChI=1S/C11H16IN3/c1-8-3-2-4-9(8)5-13-11-14-6-10(12)7-15-11/h6-9H,2-5H2,1H3,(H,13,14,15). The molecular weight excluding hydrogens is 301 g/mol. The van der Waals surface area contributed by atoms with Gasteiger partial charge in [0.05, 0.1) is 0 Å². The number of hydrogen-bond acceptors (Lipinski definition) is 3. The molecule has 0 aromatic carbocycles. The number of nitrogens with zero attached hydrogens (tertiary/aromatic N) is 2. The number of anilines is 1. The summed E-state index contributed by atoms with van der Waals surface area (Å²) >= 11 is 2.21. The second kappa shape index (κ2) is 5.09. The molecule has 15 heavy (non-hydrogen) atoms. The molecule has 2 atom stereocenters. The average Bonchev–Trinajstić information content (AvgIpc) is 2.63. The molecule has 0 saturated heterocycles. The van der Waals surface area contributed by atoms with Crippen LogP contribution in [0.5, 0.6) is 0 Å². The highest BCUT2D eigenvalue weighted by molar-refractivity contribution is 14.1. The van der Waals surface area contributed by atoms with Crippen molar-refractivity contribution < 1.29 is 0 Å². The lowest BCUT2D eigenvalue weighted by molar-refractivity contribution is 0.439. The molecule has 1 N–H and O–H groups in total. The topological polar surface area (TPSA) is 37.8 Å². The third-order valence-corrected chi connectivity index (χ3v) is 3.74. The largest absolute Gasteiger partial charge is 0.354 e. The third kappa shape index (κ3) is 3.03. The lowest BCUT2D eigenvalue weighted by atomic mass is 9.98. The van der Waals surface area contributed by atoms with Gasteiger partial charge in [-0.1, -0.05) is 19.8 Å². The van der Waals surface area contributed by atoms with Crippen LogP contribution in [-0.2, 0) is 0 Å². The predicted octanol–water partition coefficient (Wildman–Crippen LogP) is 2.93. The van der Waals surface area contributed by atoms with Crippen LogP contribution in [-0.4, -0.2) is 16.5 Å². The van der Waals surface area contributed by atoms with Gasteiger partial charge in [-0.15, -0.1) is 0 Å². The zero-order valence-electron chi connectivity index (χ0n) is 8.91. The van der Waals surface area contributed by atoms with Gasteiger partial charge >= 0.3 is 0 Å². The summed E-state index contributed by atoms with van der Waals surface area (Å²) in [5.41, 5.74) is 0. The van der Waals surface area contributed by atoms with Crippen LogP contribution in [0.1, 0.15) is 26.2 Å². The average molecular weight is 317 g/mol. The van der Waals surface area contributed by atoms with Gasteiger partial charge in [0.1, 0.15) is 0 Å². The normalized spacial score (nSPS) is 25.5. The fourth-order valence-corrected chi connectivity index (χ4v) is 2.43. The first-order valence-corrected chi connectivity index (χ1v) is 6.55. The van der Waals surface area contributed by atoms with Crippen molar-refractivity contribution in [1.29, 1.82) is 0 Å². The van der Waals surface area contributed by atoms with Crippen LogP contribution in [0, 0.1) is 15.4 Å². The van der Waals surface area contributed by atoms with Gasteiger partial charge in [0.2, 0.25) is 5.95 Å². The van der Waals surface area contributed by atoms with E-state index in [9.17, 15) is 0 Å². The van der Waals surface area contributed by atoms with Gasteiger partial charge in [0.25, 0.3) is 0 Å². The zero-order valence-corrected chi connectivity index (χ0v) is 11.1. The molecule has 1 heterocycles. The lowest BCUT2D eigenvalue weighted by Gasteiger charge is -2.15. The van der Waals surface area contributed by atoms with Crippen LogP contribution in [0.15, 0.2) is 12.4 Å². The van der Waals surface area contributed by atoms with E-state index in [-0.39, 0.29) is 0 Å². The molecule has 3 nitrogen and oxygen atoms in total. The fourth-order valence-electron chi connectivity index (χ4n) is 2.15. The molecule has 0 spiro atoms. The van der Waals surface area contributed by atoms with Gasteiger partial charge in [0, 0.05) is 22.5 Å². The monoisotopic (exact) mass is 317 g/mol. The van der Waals surface area contributed by atoms with Crippen LogP contribution >= 0.6 is 22.6 Å². The fraction of sp³-hybridized carbons (Fsp3) is 0.636. The number of aromatic nitrogens is 2. The summed E-state index contributed by atoms with van der Waals surface area (Å²) in [5.74, 6) is 2.41. The van der Waals surface area contributed by atoms with Crippen LogP contribution in [0.2, 0.25) is 0 Å². The minimum absolute atomic E-state index is 0.759. The van der Waals surface area contributed by atoms with Gasteiger partial charge in [-0.25, -0.2) is 9.97 Å². The van der Waals surface area contributed by atoms with E-state index in [4.69, 9.17) is 0 Å². The van der Waals surface area contributed by atoms with Gasteiger partial charge < -0.3 is 5.32 Å². The molecule has 0 radical (unpaired) electrons. The minimum atomic E-state index is 0.759. The van der Waals surface area contributed by atoms with Gasteiger partial charge in [-0.3, -0.25) is 0 Å². The highest BCUT2D eigenvalue weighted by Gasteiger charge is 2.22. The lowest BCUT2D eigenvalue weighted by Crippen LogP contribution is -2.17. The van der Waals surface area contributed by atoms with Crippen molar-refractivity contribution in [1.82, 2.24) is 9.97 Å². The molecule has 82 valence electrons.